The predicted octanol–water partition coefficient (Wildman–Crippen LogP) is 2.48. The normalized spacial score (nSPS) is 12.7. The monoisotopic (exact) mass is 366 g/mol. The number of rotatable bonds is 6. The molecule has 2 rings (SSSR count). The Hall–Kier alpha value is -2.45. The fourth-order valence-corrected chi connectivity index (χ4v) is 2.84. The van der Waals surface area contributed by atoms with Gasteiger partial charge in [-0.3, -0.25) is 4.79 Å². The third-order valence-corrected chi connectivity index (χ3v) is 5.23. The van der Waals surface area contributed by atoms with E-state index in [4.69, 9.17) is 4.74 Å². The van der Waals surface area contributed by atoms with Crippen LogP contribution in [-0.2, 0) is 14.8 Å². The van der Waals surface area contributed by atoms with Crippen LogP contribution in [0.2, 0.25) is 0 Å². The molecule has 0 unspecified atom stereocenters. The number of nitrogens with zero attached hydrogens (tertiary/aromatic N) is 1. The molecule has 1 N–H and O–H groups in total. The smallest absolute Gasteiger partial charge is 0.265 e. The van der Waals surface area contributed by atoms with E-state index in [0.717, 1.165) is 4.31 Å². The Kier molecular flexibility index (Phi) is 5.76. The van der Waals surface area contributed by atoms with Gasteiger partial charge >= 0.3 is 0 Å². The van der Waals surface area contributed by atoms with Crippen molar-refractivity contribution in [1.82, 2.24) is 4.31 Å². The lowest BCUT2D eigenvalue weighted by Gasteiger charge is -2.15. The Bertz CT molecular complexity index is 834. The second kappa shape index (κ2) is 7.62. The summed E-state index contributed by atoms with van der Waals surface area (Å²) in [6.45, 7) is 1.56. The van der Waals surface area contributed by atoms with E-state index in [-0.39, 0.29) is 4.90 Å². The van der Waals surface area contributed by atoms with Gasteiger partial charge in [-0.1, -0.05) is 0 Å². The summed E-state index contributed by atoms with van der Waals surface area (Å²) >= 11 is 0. The molecule has 0 aliphatic rings. The van der Waals surface area contributed by atoms with Crippen molar-refractivity contribution < 1.29 is 22.3 Å². The van der Waals surface area contributed by atoms with Gasteiger partial charge in [-0.05, 0) is 55.5 Å². The second-order valence-corrected chi connectivity index (χ2v) is 7.67. The molecule has 0 aliphatic carbocycles. The zero-order chi connectivity index (χ0) is 18.6. The van der Waals surface area contributed by atoms with E-state index < -0.39 is 27.9 Å². The number of sulfonamides is 1. The van der Waals surface area contributed by atoms with Gasteiger partial charge in [-0.25, -0.2) is 17.1 Å². The summed E-state index contributed by atoms with van der Waals surface area (Å²) in [6.07, 6.45) is -0.810. The number of benzene rings is 2. The minimum atomic E-state index is -3.52. The average molecular weight is 366 g/mol. The molecule has 0 spiro atoms. The number of halogens is 1. The SMILES string of the molecule is C[C@H](Oc1ccc(F)cc1)C(=O)Nc1ccc(S(=O)(=O)N(C)C)cc1. The van der Waals surface area contributed by atoms with E-state index in [1.165, 1.54) is 62.6 Å². The summed E-state index contributed by atoms with van der Waals surface area (Å²) in [5, 5.41) is 2.63. The van der Waals surface area contributed by atoms with Gasteiger partial charge in [0.05, 0.1) is 4.90 Å². The summed E-state index contributed by atoms with van der Waals surface area (Å²) in [5.41, 5.74) is 0.442. The maximum absolute atomic E-state index is 12.9. The Labute approximate surface area is 146 Å². The number of anilines is 1. The number of hydrogen-bond donors (Lipinski definition) is 1. The molecule has 0 bridgehead atoms. The van der Waals surface area contributed by atoms with E-state index in [1.54, 1.807) is 6.92 Å². The topological polar surface area (TPSA) is 75.7 Å². The van der Waals surface area contributed by atoms with Crippen molar-refractivity contribution in [3.8, 4) is 5.75 Å². The van der Waals surface area contributed by atoms with Gasteiger partial charge in [-0.2, -0.15) is 0 Å². The minimum absolute atomic E-state index is 0.131. The van der Waals surface area contributed by atoms with Gasteiger partial charge in [0.15, 0.2) is 6.10 Å². The largest absolute Gasteiger partial charge is 0.481 e. The van der Waals surface area contributed by atoms with Crippen molar-refractivity contribution in [2.75, 3.05) is 19.4 Å². The molecule has 0 fully saturated rings. The van der Waals surface area contributed by atoms with Gasteiger partial charge in [0.25, 0.3) is 5.91 Å². The van der Waals surface area contributed by atoms with Crippen molar-refractivity contribution in [3.05, 3.63) is 54.3 Å². The van der Waals surface area contributed by atoms with Crippen LogP contribution in [0.15, 0.2) is 53.4 Å². The van der Waals surface area contributed by atoms with Crippen LogP contribution in [0.5, 0.6) is 5.75 Å². The van der Waals surface area contributed by atoms with E-state index in [2.05, 4.69) is 5.32 Å². The van der Waals surface area contributed by atoms with Crippen molar-refractivity contribution >= 4 is 21.6 Å². The van der Waals surface area contributed by atoms with E-state index in [0.29, 0.717) is 11.4 Å². The van der Waals surface area contributed by atoms with Crippen molar-refractivity contribution in [2.45, 2.75) is 17.9 Å². The van der Waals surface area contributed by atoms with Crippen molar-refractivity contribution in [1.29, 1.82) is 0 Å². The maximum Gasteiger partial charge on any atom is 0.265 e. The molecule has 134 valence electrons. The summed E-state index contributed by atoms with van der Waals surface area (Å²) in [5.74, 6) is -0.429. The molecule has 0 saturated heterocycles. The zero-order valence-corrected chi connectivity index (χ0v) is 14.9. The van der Waals surface area contributed by atoms with Crippen LogP contribution >= 0.6 is 0 Å². The Balaban J connectivity index is 2.01. The first-order chi connectivity index (χ1) is 11.7. The lowest BCUT2D eigenvalue weighted by atomic mass is 10.3. The number of carbonyl (C=O) groups excluding carboxylic acids is 1. The van der Waals surface area contributed by atoms with Crippen LogP contribution in [0.25, 0.3) is 0 Å². The van der Waals surface area contributed by atoms with Crippen LogP contribution in [0.1, 0.15) is 6.92 Å². The minimum Gasteiger partial charge on any atom is -0.481 e. The molecule has 1 amide bonds. The number of ether oxygens (including phenoxy) is 1. The van der Waals surface area contributed by atoms with Crippen LogP contribution < -0.4 is 10.1 Å². The highest BCUT2D eigenvalue weighted by atomic mass is 32.2. The van der Waals surface area contributed by atoms with Crippen molar-refractivity contribution in [3.63, 3.8) is 0 Å². The molecule has 0 saturated carbocycles. The summed E-state index contributed by atoms with van der Waals surface area (Å²) in [7, 11) is -0.630. The summed E-state index contributed by atoms with van der Waals surface area (Å²) in [6, 6.07) is 11.2. The molecule has 0 aliphatic heterocycles. The van der Waals surface area contributed by atoms with Gasteiger partial charge in [0.2, 0.25) is 10.0 Å². The standard InChI is InChI=1S/C17H19FN2O4S/c1-12(24-15-8-4-13(18)5-9-15)17(21)19-14-6-10-16(11-7-14)25(22,23)20(2)3/h4-12H,1-3H3,(H,19,21)/t12-/m0/s1. The van der Waals surface area contributed by atoms with Gasteiger partial charge in [-0.15, -0.1) is 0 Å². The quantitative estimate of drug-likeness (QED) is 0.852. The molecular formula is C17H19FN2O4S. The Morgan fingerprint density at radius 2 is 1.64 bits per heavy atom. The molecular weight excluding hydrogens is 347 g/mol. The molecule has 0 aromatic heterocycles. The average Bonchev–Trinajstić information content (AvgIpc) is 2.57. The van der Waals surface area contributed by atoms with E-state index >= 15 is 0 Å². The molecule has 0 radical (unpaired) electrons. The molecule has 2 aromatic rings. The number of hydrogen-bond acceptors (Lipinski definition) is 4. The van der Waals surface area contributed by atoms with Crippen LogP contribution in [0.3, 0.4) is 0 Å². The summed E-state index contributed by atoms with van der Waals surface area (Å²) in [4.78, 5) is 12.3. The van der Waals surface area contributed by atoms with Crippen LogP contribution in [0, 0.1) is 5.82 Å². The summed E-state index contributed by atoms with van der Waals surface area (Å²) < 4.78 is 43.4. The fourth-order valence-electron chi connectivity index (χ4n) is 1.94. The lowest BCUT2D eigenvalue weighted by Crippen LogP contribution is -2.30. The van der Waals surface area contributed by atoms with E-state index in [1.807, 2.05) is 0 Å². The number of carbonyl (C=O) groups is 1. The Morgan fingerprint density at radius 1 is 1.08 bits per heavy atom. The zero-order valence-electron chi connectivity index (χ0n) is 14.1. The highest BCUT2D eigenvalue weighted by molar-refractivity contribution is 7.89. The second-order valence-electron chi connectivity index (χ2n) is 5.52. The molecule has 1 atom stereocenters. The lowest BCUT2D eigenvalue weighted by molar-refractivity contribution is -0.122. The first-order valence-corrected chi connectivity index (χ1v) is 8.90. The van der Waals surface area contributed by atoms with Gasteiger partial charge < -0.3 is 10.1 Å². The number of nitrogens with one attached hydrogen (secondary N) is 1. The molecule has 25 heavy (non-hydrogen) atoms. The van der Waals surface area contributed by atoms with Gasteiger partial charge in [0.1, 0.15) is 11.6 Å². The molecule has 8 heteroatoms. The highest BCUT2D eigenvalue weighted by Crippen LogP contribution is 2.18. The first-order valence-electron chi connectivity index (χ1n) is 7.46. The maximum atomic E-state index is 12.9. The first kappa shape index (κ1) is 18.9. The van der Waals surface area contributed by atoms with Crippen molar-refractivity contribution in [2.24, 2.45) is 0 Å². The third kappa shape index (κ3) is 4.77. The third-order valence-electron chi connectivity index (χ3n) is 3.40. The van der Waals surface area contributed by atoms with Crippen LogP contribution in [0.4, 0.5) is 10.1 Å². The molecule has 0 heterocycles. The predicted molar refractivity (Wildman–Crippen MR) is 92.4 cm³/mol. The molecule has 6 nitrogen and oxygen atoms in total. The van der Waals surface area contributed by atoms with Gasteiger partial charge in [0, 0.05) is 19.8 Å². The Morgan fingerprint density at radius 3 is 2.16 bits per heavy atom. The fraction of sp³-hybridized carbons (Fsp3) is 0.235. The van der Waals surface area contributed by atoms with Crippen LogP contribution in [-0.4, -0.2) is 38.8 Å². The van der Waals surface area contributed by atoms with E-state index in [9.17, 15) is 17.6 Å². The highest BCUT2D eigenvalue weighted by Gasteiger charge is 2.18. The number of amides is 1. The molecule has 2 aromatic carbocycles.